The van der Waals surface area contributed by atoms with Gasteiger partial charge in [-0.25, -0.2) is 9.97 Å². The highest BCUT2D eigenvalue weighted by Crippen LogP contribution is 2.19. The Hall–Kier alpha value is -1.16. The van der Waals surface area contributed by atoms with E-state index in [1.165, 1.54) is 25.2 Å². The lowest BCUT2D eigenvalue weighted by Gasteiger charge is -2.13. The van der Waals surface area contributed by atoms with E-state index in [0.717, 1.165) is 18.2 Å². The zero-order valence-corrected chi connectivity index (χ0v) is 10.3. The van der Waals surface area contributed by atoms with E-state index >= 15 is 0 Å². The highest BCUT2D eigenvalue weighted by Gasteiger charge is 2.20. The summed E-state index contributed by atoms with van der Waals surface area (Å²) in [5, 5.41) is 0. The molecule has 1 aliphatic rings. The van der Waals surface area contributed by atoms with Crippen LogP contribution in [0.3, 0.4) is 0 Å². The summed E-state index contributed by atoms with van der Waals surface area (Å²) in [4.78, 5) is 13.0. The first-order valence-electron chi connectivity index (χ1n) is 5.82. The van der Waals surface area contributed by atoms with Crippen molar-refractivity contribution in [1.82, 2.24) is 14.9 Å². The summed E-state index contributed by atoms with van der Waals surface area (Å²) in [5.74, 6) is 1.76. The molecule has 1 aliphatic heterocycles. The van der Waals surface area contributed by atoms with Crippen molar-refractivity contribution in [3.63, 3.8) is 0 Å². The Bertz CT molecular complexity index is 351. The molecule has 2 heterocycles. The number of hydrogen-bond donors (Lipinski definition) is 0. The predicted molar refractivity (Wildman–Crippen MR) is 65.7 cm³/mol. The van der Waals surface area contributed by atoms with Crippen molar-refractivity contribution in [1.29, 1.82) is 0 Å². The van der Waals surface area contributed by atoms with Crippen LogP contribution in [-0.4, -0.2) is 49.1 Å². The van der Waals surface area contributed by atoms with Crippen molar-refractivity contribution in [2.24, 2.45) is 5.92 Å². The van der Waals surface area contributed by atoms with Gasteiger partial charge < -0.3 is 9.80 Å². The van der Waals surface area contributed by atoms with Crippen molar-refractivity contribution >= 4 is 5.82 Å². The molecule has 4 heteroatoms. The van der Waals surface area contributed by atoms with Crippen molar-refractivity contribution in [3.05, 3.63) is 18.1 Å². The third kappa shape index (κ3) is 2.70. The van der Waals surface area contributed by atoms with Gasteiger partial charge in [0.1, 0.15) is 12.1 Å². The Kier molecular flexibility index (Phi) is 3.39. The quantitative estimate of drug-likeness (QED) is 0.762. The van der Waals surface area contributed by atoms with Gasteiger partial charge in [0.15, 0.2) is 0 Å². The van der Waals surface area contributed by atoms with Crippen molar-refractivity contribution < 1.29 is 0 Å². The molecule has 0 aliphatic carbocycles. The van der Waals surface area contributed by atoms with E-state index < -0.39 is 0 Å². The van der Waals surface area contributed by atoms with E-state index in [2.05, 4.69) is 28.0 Å². The Morgan fingerprint density at radius 2 is 2.25 bits per heavy atom. The molecule has 2 rings (SSSR count). The van der Waals surface area contributed by atoms with Crippen LogP contribution in [0.25, 0.3) is 0 Å². The van der Waals surface area contributed by atoms with Crippen LogP contribution in [0.15, 0.2) is 12.4 Å². The smallest absolute Gasteiger partial charge is 0.131 e. The summed E-state index contributed by atoms with van der Waals surface area (Å²) < 4.78 is 0. The van der Waals surface area contributed by atoms with Gasteiger partial charge in [-0.2, -0.15) is 0 Å². The van der Waals surface area contributed by atoms with E-state index in [0.29, 0.717) is 0 Å². The maximum atomic E-state index is 4.35. The van der Waals surface area contributed by atoms with Gasteiger partial charge in [-0.15, -0.1) is 0 Å². The van der Waals surface area contributed by atoms with Gasteiger partial charge in [-0.05, 0) is 32.4 Å². The third-order valence-corrected chi connectivity index (χ3v) is 3.15. The van der Waals surface area contributed by atoms with Gasteiger partial charge in [-0.3, -0.25) is 0 Å². The average Bonchev–Trinajstić information content (AvgIpc) is 2.64. The zero-order valence-electron chi connectivity index (χ0n) is 10.3. The number of anilines is 1. The molecule has 1 fully saturated rings. The number of rotatable bonds is 3. The minimum absolute atomic E-state index is 0.759. The zero-order chi connectivity index (χ0) is 11.5. The lowest BCUT2D eigenvalue weighted by molar-refractivity contribution is 0.393. The van der Waals surface area contributed by atoms with Gasteiger partial charge in [0, 0.05) is 32.4 Å². The number of likely N-dealkylation sites (tertiary alicyclic amines) is 1. The monoisotopic (exact) mass is 220 g/mol. The van der Waals surface area contributed by atoms with E-state index in [1.54, 1.807) is 6.33 Å². The van der Waals surface area contributed by atoms with Gasteiger partial charge >= 0.3 is 0 Å². The molecule has 0 saturated carbocycles. The fourth-order valence-corrected chi connectivity index (χ4v) is 2.23. The van der Waals surface area contributed by atoms with E-state index in [1.807, 2.05) is 19.0 Å². The minimum atomic E-state index is 0.759. The van der Waals surface area contributed by atoms with Crippen LogP contribution in [0.4, 0.5) is 5.82 Å². The largest absolute Gasteiger partial charge is 0.363 e. The SMILES string of the molecule is CN1CC[C@@H](Cc2cc(N(C)C)ncn2)C1. The first-order chi connectivity index (χ1) is 7.65. The topological polar surface area (TPSA) is 32.3 Å². The van der Waals surface area contributed by atoms with Crippen molar-refractivity contribution in [2.75, 3.05) is 39.1 Å². The second kappa shape index (κ2) is 4.78. The summed E-state index contributed by atoms with van der Waals surface area (Å²) >= 11 is 0. The molecule has 0 radical (unpaired) electrons. The lowest BCUT2D eigenvalue weighted by atomic mass is 10.0. The normalized spacial score (nSPS) is 21.3. The Labute approximate surface area is 97.3 Å². The molecule has 88 valence electrons. The van der Waals surface area contributed by atoms with Crippen LogP contribution in [0.5, 0.6) is 0 Å². The van der Waals surface area contributed by atoms with Crippen LogP contribution in [-0.2, 0) is 6.42 Å². The maximum Gasteiger partial charge on any atom is 0.131 e. The fraction of sp³-hybridized carbons (Fsp3) is 0.667. The molecule has 1 atom stereocenters. The summed E-state index contributed by atoms with van der Waals surface area (Å²) in [5.41, 5.74) is 1.17. The van der Waals surface area contributed by atoms with Crippen LogP contribution >= 0.6 is 0 Å². The Morgan fingerprint density at radius 3 is 2.88 bits per heavy atom. The number of hydrogen-bond acceptors (Lipinski definition) is 4. The van der Waals surface area contributed by atoms with Crippen LogP contribution in [0.2, 0.25) is 0 Å². The summed E-state index contributed by atoms with van der Waals surface area (Å²) in [6.45, 7) is 2.41. The molecule has 0 N–H and O–H groups in total. The molecule has 1 aromatic heterocycles. The van der Waals surface area contributed by atoms with Gasteiger partial charge in [0.25, 0.3) is 0 Å². The number of aromatic nitrogens is 2. The molecule has 1 saturated heterocycles. The molecular weight excluding hydrogens is 200 g/mol. The molecule has 16 heavy (non-hydrogen) atoms. The van der Waals surface area contributed by atoms with Gasteiger partial charge in [0.2, 0.25) is 0 Å². The highest BCUT2D eigenvalue weighted by molar-refractivity contribution is 5.36. The second-order valence-corrected chi connectivity index (χ2v) is 4.88. The first kappa shape index (κ1) is 11.3. The molecule has 0 unspecified atom stereocenters. The van der Waals surface area contributed by atoms with Crippen LogP contribution < -0.4 is 4.90 Å². The van der Waals surface area contributed by atoms with Crippen molar-refractivity contribution in [2.45, 2.75) is 12.8 Å². The molecule has 1 aromatic rings. The highest BCUT2D eigenvalue weighted by atomic mass is 15.1. The minimum Gasteiger partial charge on any atom is -0.363 e. The fourth-order valence-electron chi connectivity index (χ4n) is 2.23. The summed E-state index contributed by atoms with van der Waals surface area (Å²) in [7, 11) is 6.20. The second-order valence-electron chi connectivity index (χ2n) is 4.88. The first-order valence-corrected chi connectivity index (χ1v) is 5.82. The average molecular weight is 220 g/mol. The molecule has 0 amide bonds. The standard InChI is InChI=1S/C12H20N4/c1-15(2)12-7-11(13-9-14-12)6-10-4-5-16(3)8-10/h7,9-10H,4-6,8H2,1-3H3/t10-/m0/s1. The van der Waals surface area contributed by atoms with Crippen LogP contribution in [0, 0.1) is 5.92 Å². The molecule has 0 aromatic carbocycles. The third-order valence-electron chi connectivity index (χ3n) is 3.15. The molecule has 0 spiro atoms. The van der Waals surface area contributed by atoms with Crippen LogP contribution in [0.1, 0.15) is 12.1 Å². The van der Waals surface area contributed by atoms with E-state index in [9.17, 15) is 0 Å². The molecular formula is C12H20N4. The molecule has 0 bridgehead atoms. The van der Waals surface area contributed by atoms with E-state index in [-0.39, 0.29) is 0 Å². The Morgan fingerprint density at radius 1 is 1.44 bits per heavy atom. The van der Waals surface area contributed by atoms with E-state index in [4.69, 9.17) is 0 Å². The molecule has 4 nitrogen and oxygen atoms in total. The maximum absolute atomic E-state index is 4.35. The summed E-state index contributed by atoms with van der Waals surface area (Å²) in [6.07, 6.45) is 4.04. The van der Waals surface area contributed by atoms with Crippen molar-refractivity contribution in [3.8, 4) is 0 Å². The Balaban J connectivity index is 2.01. The van der Waals surface area contributed by atoms with Gasteiger partial charge in [0.05, 0.1) is 0 Å². The predicted octanol–water partition coefficient (Wildman–Crippen LogP) is 1.04. The lowest BCUT2D eigenvalue weighted by Crippen LogP contribution is -2.16. The summed E-state index contributed by atoms with van der Waals surface area (Å²) in [6, 6.07) is 2.10. The van der Waals surface area contributed by atoms with Gasteiger partial charge in [-0.1, -0.05) is 0 Å². The number of nitrogens with zero attached hydrogens (tertiary/aromatic N) is 4.